The van der Waals surface area contributed by atoms with Gasteiger partial charge in [0.15, 0.2) is 0 Å². The van der Waals surface area contributed by atoms with Crippen LogP contribution < -0.4 is 10.1 Å². The number of ether oxygens (including phenoxy) is 1. The van der Waals surface area contributed by atoms with E-state index in [0.717, 1.165) is 6.07 Å². The molecule has 2 rings (SSSR count). The van der Waals surface area contributed by atoms with Gasteiger partial charge in [-0.25, -0.2) is 4.39 Å². The first-order valence-electron chi connectivity index (χ1n) is 5.89. The summed E-state index contributed by atoms with van der Waals surface area (Å²) >= 11 is 5.64. The van der Waals surface area contributed by atoms with Crippen LogP contribution in [0.4, 0.5) is 10.1 Å². The molecule has 0 aliphatic heterocycles. The first-order valence-corrected chi connectivity index (χ1v) is 6.27. The van der Waals surface area contributed by atoms with Crippen LogP contribution in [-0.4, -0.2) is 13.0 Å². The first kappa shape index (κ1) is 14.8. The molecule has 0 saturated heterocycles. The SMILES string of the molecule is COc1cc(C#N)ccc1NC(=O)c1ccc(F)c(Cl)c1. The smallest absolute Gasteiger partial charge is 0.255 e. The maximum atomic E-state index is 13.1. The van der Waals surface area contributed by atoms with Crippen molar-refractivity contribution in [3.63, 3.8) is 0 Å². The molecule has 106 valence electrons. The molecule has 0 unspecified atom stereocenters. The van der Waals surface area contributed by atoms with Gasteiger partial charge in [0.1, 0.15) is 11.6 Å². The molecule has 0 bridgehead atoms. The Morgan fingerprint density at radius 2 is 2.10 bits per heavy atom. The van der Waals surface area contributed by atoms with Crippen molar-refractivity contribution in [1.82, 2.24) is 0 Å². The van der Waals surface area contributed by atoms with Crippen LogP contribution in [0.3, 0.4) is 0 Å². The molecule has 2 aromatic rings. The molecular formula is C15H10ClFN2O2. The minimum Gasteiger partial charge on any atom is -0.495 e. The van der Waals surface area contributed by atoms with Crippen molar-refractivity contribution >= 4 is 23.2 Å². The van der Waals surface area contributed by atoms with Crippen LogP contribution in [0, 0.1) is 17.1 Å². The van der Waals surface area contributed by atoms with Crippen LogP contribution in [0.1, 0.15) is 15.9 Å². The van der Waals surface area contributed by atoms with Crippen LogP contribution in [0.2, 0.25) is 5.02 Å². The lowest BCUT2D eigenvalue weighted by molar-refractivity contribution is 0.102. The zero-order valence-electron chi connectivity index (χ0n) is 11.0. The largest absolute Gasteiger partial charge is 0.495 e. The number of methoxy groups -OCH3 is 1. The highest BCUT2D eigenvalue weighted by molar-refractivity contribution is 6.31. The fourth-order valence-electron chi connectivity index (χ4n) is 1.70. The number of hydrogen-bond acceptors (Lipinski definition) is 3. The van der Waals surface area contributed by atoms with Crippen molar-refractivity contribution in [2.24, 2.45) is 0 Å². The lowest BCUT2D eigenvalue weighted by Crippen LogP contribution is -2.12. The van der Waals surface area contributed by atoms with Gasteiger partial charge in [0, 0.05) is 11.6 Å². The molecule has 1 amide bonds. The van der Waals surface area contributed by atoms with Crippen molar-refractivity contribution in [2.45, 2.75) is 0 Å². The van der Waals surface area contributed by atoms with Gasteiger partial charge >= 0.3 is 0 Å². The average Bonchev–Trinajstić information content (AvgIpc) is 2.50. The van der Waals surface area contributed by atoms with Crippen LogP contribution in [0.15, 0.2) is 36.4 Å². The standard InChI is InChI=1S/C15H10ClFN2O2/c1-21-14-6-9(8-18)2-5-13(14)19-15(20)10-3-4-12(17)11(16)7-10/h2-7H,1H3,(H,19,20). The second-order valence-corrected chi connectivity index (χ2v) is 4.52. The van der Waals surface area contributed by atoms with Gasteiger partial charge in [0.25, 0.3) is 5.91 Å². The maximum absolute atomic E-state index is 13.1. The third-order valence-corrected chi connectivity index (χ3v) is 3.05. The Balaban J connectivity index is 2.27. The van der Waals surface area contributed by atoms with Crippen molar-refractivity contribution in [3.05, 3.63) is 58.4 Å². The van der Waals surface area contributed by atoms with E-state index in [2.05, 4.69) is 5.32 Å². The Kier molecular flexibility index (Phi) is 4.41. The van der Waals surface area contributed by atoms with Gasteiger partial charge in [0.2, 0.25) is 0 Å². The zero-order chi connectivity index (χ0) is 15.4. The topological polar surface area (TPSA) is 62.1 Å². The highest BCUT2D eigenvalue weighted by Gasteiger charge is 2.12. The summed E-state index contributed by atoms with van der Waals surface area (Å²) in [7, 11) is 1.43. The molecule has 0 aromatic heterocycles. The summed E-state index contributed by atoms with van der Waals surface area (Å²) in [5.41, 5.74) is 1.03. The molecule has 0 atom stereocenters. The molecule has 0 fully saturated rings. The van der Waals surface area contributed by atoms with E-state index < -0.39 is 11.7 Å². The maximum Gasteiger partial charge on any atom is 0.255 e. The van der Waals surface area contributed by atoms with Crippen molar-refractivity contribution in [1.29, 1.82) is 5.26 Å². The number of anilines is 1. The minimum atomic E-state index is -0.593. The lowest BCUT2D eigenvalue weighted by atomic mass is 10.1. The number of amides is 1. The summed E-state index contributed by atoms with van der Waals surface area (Å²) in [4.78, 5) is 12.1. The third-order valence-electron chi connectivity index (χ3n) is 2.76. The normalized spacial score (nSPS) is 9.81. The fourth-order valence-corrected chi connectivity index (χ4v) is 1.88. The fraction of sp³-hybridized carbons (Fsp3) is 0.0667. The van der Waals surface area contributed by atoms with Crippen LogP contribution in [-0.2, 0) is 0 Å². The molecule has 0 saturated carbocycles. The summed E-state index contributed by atoms with van der Waals surface area (Å²) < 4.78 is 18.2. The number of halogens is 2. The van der Waals surface area contributed by atoms with E-state index in [1.165, 1.54) is 25.3 Å². The van der Waals surface area contributed by atoms with Crippen LogP contribution in [0.5, 0.6) is 5.75 Å². The van der Waals surface area contributed by atoms with E-state index in [0.29, 0.717) is 17.0 Å². The second-order valence-electron chi connectivity index (χ2n) is 4.11. The predicted molar refractivity (Wildman–Crippen MR) is 77.1 cm³/mol. The number of rotatable bonds is 3. The molecule has 1 N–H and O–H groups in total. The van der Waals surface area contributed by atoms with E-state index in [9.17, 15) is 9.18 Å². The number of nitrogens with one attached hydrogen (secondary N) is 1. The molecule has 6 heteroatoms. The number of benzene rings is 2. The lowest BCUT2D eigenvalue weighted by Gasteiger charge is -2.10. The molecule has 0 aliphatic rings. The summed E-state index contributed by atoms with van der Waals surface area (Å²) in [6.07, 6.45) is 0. The van der Waals surface area contributed by atoms with Crippen molar-refractivity contribution < 1.29 is 13.9 Å². The Morgan fingerprint density at radius 1 is 1.33 bits per heavy atom. The molecule has 0 heterocycles. The highest BCUT2D eigenvalue weighted by atomic mass is 35.5. The van der Waals surface area contributed by atoms with Gasteiger partial charge < -0.3 is 10.1 Å². The number of hydrogen-bond donors (Lipinski definition) is 1. The zero-order valence-corrected chi connectivity index (χ0v) is 11.7. The molecule has 0 aliphatic carbocycles. The van der Waals surface area contributed by atoms with E-state index in [1.807, 2.05) is 6.07 Å². The highest BCUT2D eigenvalue weighted by Crippen LogP contribution is 2.26. The molecular weight excluding hydrogens is 295 g/mol. The predicted octanol–water partition coefficient (Wildman–Crippen LogP) is 3.61. The summed E-state index contributed by atoms with van der Waals surface area (Å²) in [6.45, 7) is 0. The molecule has 0 radical (unpaired) electrons. The monoisotopic (exact) mass is 304 g/mol. The summed E-state index contributed by atoms with van der Waals surface area (Å²) in [5, 5.41) is 11.3. The molecule has 2 aromatic carbocycles. The van der Waals surface area contributed by atoms with E-state index in [-0.39, 0.29) is 10.6 Å². The van der Waals surface area contributed by atoms with Crippen molar-refractivity contribution in [3.8, 4) is 11.8 Å². The van der Waals surface area contributed by atoms with Crippen LogP contribution >= 0.6 is 11.6 Å². The minimum absolute atomic E-state index is 0.130. The van der Waals surface area contributed by atoms with Gasteiger partial charge in [-0.05, 0) is 30.3 Å². The van der Waals surface area contributed by atoms with E-state index in [1.54, 1.807) is 12.1 Å². The average molecular weight is 305 g/mol. The third kappa shape index (κ3) is 3.30. The Morgan fingerprint density at radius 3 is 2.71 bits per heavy atom. The quantitative estimate of drug-likeness (QED) is 0.942. The van der Waals surface area contributed by atoms with Gasteiger partial charge in [0.05, 0.1) is 29.5 Å². The molecule has 21 heavy (non-hydrogen) atoms. The molecule has 4 nitrogen and oxygen atoms in total. The van der Waals surface area contributed by atoms with Gasteiger partial charge in [-0.1, -0.05) is 11.6 Å². The van der Waals surface area contributed by atoms with Gasteiger partial charge in [-0.2, -0.15) is 5.26 Å². The number of carbonyl (C=O) groups is 1. The van der Waals surface area contributed by atoms with Gasteiger partial charge in [-0.3, -0.25) is 4.79 Å². The number of nitrogens with zero attached hydrogens (tertiary/aromatic N) is 1. The Labute approximate surface area is 125 Å². The molecule has 0 spiro atoms. The van der Waals surface area contributed by atoms with Crippen molar-refractivity contribution in [2.75, 3.05) is 12.4 Å². The Bertz CT molecular complexity index is 741. The van der Waals surface area contributed by atoms with E-state index >= 15 is 0 Å². The second kappa shape index (κ2) is 6.25. The summed E-state index contributed by atoms with van der Waals surface area (Å²) in [5.74, 6) is -0.695. The van der Waals surface area contributed by atoms with E-state index in [4.69, 9.17) is 21.6 Å². The Hall–Kier alpha value is -2.58. The number of nitriles is 1. The van der Waals surface area contributed by atoms with Gasteiger partial charge in [-0.15, -0.1) is 0 Å². The number of carbonyl (C=O) groups excluding carboxylic acids is 1. The first-order chi connectivity index (χ1) is 10.0. The van der Waals surface area contributed by atoms with Crippen LogP contribution in [0.25, 0.3) is 0 Å². The summed E-state index contributed by atoms with van der Waals surface area (Å²) in [6, 6.07) is 10.3.